The van der Waals surface area contributed by atoms with E-state index in [1.165, 1.54) is 11.3 Å². The fourth-order valence-corrected chi connectivity index (χ4v) is 2.47. The Hall–Kier alpha value is -2.18. The smallest absolute Gasteiger partial charge is 0.313 e. The van der Waals surface area contributed by atoms with E-state index >= 15 is 0 Å². The minimum atomic E-state index is -0.805. The van der Waals surface area contributed by atoms with Gasteiger partial charge >= 0.3 is 11.8 Å². The maximum Gasteiger partial charge on any atom is 0.313 e. The number of aliphatic hydroxyl groups excluding tert-OH is 1. The molecule has 1 aromatic heterocycles. The van der Waals surface area contributed by atoms with E-state index in [9.17, 15) is 14.7 Å². The molecule has 0 saturated carbocycles. The number of carbonyl (C=O) groups excluding carboxylic acids is 2. The van der Waals surface area contributed by atoms with Crippen molar-refractivity contribution >= 4 is 28.8 Å². The quantitative estimate of drug-likeness (QED) is 0.754. The van der Waals surface area contributed by atoms with Crippen molar-refractivity contribution in [2.45, 2.75) is 13.0 Å². The monoisotopic (exact) mass is 304 g/mol. The van der Waals surface area contributed by atoms with Gasteiger partial charge in [-0.2, -0.15) is 0 Å². The minimum absolute atomic E-state index is 0.000579. The highest BCUT2D eigenvalue weighted by atomic mass is 32.1. The van der Waals surface area contributed by atoms with Crippen molar-refractivity contribution in [3.05, 3.63) is 52.2 Å². The zero-order chi connectivity index (χ0) is 15.2. The van der Waals surface area contributed by atoms with Gasteiger partial charge in [0.2, 0.25) is 0 Å². The van der Waals surface area contributed by atoms with Gasteiger partial charge in [0.15, 0.2) is 0 Å². The first kappa shape index (κ1) is 15.2. The average molecular weight is 304 g/mol. The number of rotatable bonds is 4. The van der Waals surface area contributed by atoms with Gasteiger partial charge in [-0.15, -0.1) is 11.3 Å². The van der Waals surface area contributed by atoms with Crippen molar-refractivity contribution in [2.75, 3.05) is 11.9 Å². The molecule has 21 heavy (non-hydrogen) atoms. The molecule has 1 unspecified atom stereocenters. The summed E-state index contributed by atoms with van der Waals surface area (Å²) in [5, 5.41) is 16.6. The fraction of sp³-hybridized carbons (Fsp3) is 0.200. The van der Waals surface area contributed by atoms with Crippen LogP contribution in [0.4, 0.5) is 5.69 Å². The second kappa shape index (κ2) is 7.01. The zero-order valence-corrected chi connectivity index (χ0v) is 12.3. The maximum atomic E-state index is 11.7. The Labute approximate surface area is 126 Å². The Kier molecular flexibility index (Phi) is 5.08. The average Bonchev–Trinajstić information content (AvgIpc) is 2.98. The van der Waals surface area contributed by atoms with Crippen LogP contribution in [-0.4, -0.2) is 23.5 Å². The van der Waals surface area contributed by atoms with Crippen LogP contribution in [0.3, 0.4) is 0 Å². The molecule has 6 heteroatoms. The third-order valence-electron chi connectivity index (χ3n) is 2.81. The van der Waals surface area contributed by atoms with Gasteiger partial charge in [0, 0.05) is 17.1 Å². The summed E-state index contributed by atoms with van der Waals surface area (Å²) in [6, 6.07) is 10.8. The van der Waals surface area contributed by atoms with E-state index in [2.05, 4.69) is 10.6 Å². The highest BCUT2D eigenvalue weighted by Gasteiger charge is 2.16. The van der Waals surface area contributed by atoms with Gasteiger partial charge in [0.25, 0.3) is 0 Å². The molecule has 0 saturated heterocycles. The van der Waals surface area contributed by atoms with Crippen LogP contribution in [0, 0.1) is 6.92 Å². The lowest BCUT2D eigenvalue weighted by molar-refractivity contribution is -0.136. The van der Waals surface area contributed by atoms with Gasteiger partial charge in [0.1, 0.15) is 6.10 Å². The molecule has 110 valence electrons. The summed E-state index contributed by atoms with van der Waals surface area (Å²) in [5.41, 5.74) is 1.55. The molecule has 1 heterocycles. The van der Waals surface area contributed by atoms with Crippen LogP contribution in [0.15, 0.2) is 41.8 Å². The molecule has 0 spiro atoms. The maximum absolute atomic E-state index is 11.7. The van der Waals surface area contributed by atoms with Crippen LogP contribution in [0.25, 0.3) is 0 Å². The predicted molar refractivity (Wildman–Crippen MR) is 82.1 cm³/mol. The highest BCUT2D eigenvalue weighted by molar-refractivity contribution is 7.10. The van der Waals surface area contributed by atoms with Crippen molar-refractivity contribution < 1.29 is 14.7 Å². The van der Waals surface area contributed by atoms with E-state index in [0.29, 0.717) is 5.69 Å². The van der Waals surface area contributed by atoms with Crippen LogP contribution in [0.1, 0.15) is 16.5 Å². The summed E-state index contributed by atoms with van der Waals surface area (Å²) in [6.45, 7) is 1.90. The number of aryl methyl sites for hydroxylation is 1. The Morgan fingerprint density at radius 2 is 2.05 bits per heavy atom. The number of thiophene rings is 1. The number of amides is 2. The van der Waals surface area contributed by atoms with Gasteiger partial charge in [-0.1, -0.05) is 18.2 Å². The molecule has 3 N–H and O–H groups in total. The largest absolute Gasteiger partial charge is 0.386 e. The molecule has 2 amide bonds. The molecule has 0 aliphatic carbocycles. The van der Waals surface area contributed by atoms with E-state index in [0.717, 1.165) is 10.4 Å². The predicted octanol–water partition coefficient (Wildman–Crippen LogP) is 1.84. The normalized spacial score (nSPS) is 11.7. The molecule has 0 aliphatic rings. The van der Waals surface area contributed by atoms with Gasteiger partial charge in [-0.25, -0.2) is 0 Å². The van der Waals surface area contributed by atoms with Crippen molar-refractivity contribution in [3.8, 4) is 0 Å². The van der Waals surface area contributed by atoms with Crippen LogP contribution in [0.2, 0.25) is 0 Å². The topological polar surface area (TPSA) is 78.4 Å². The molecule has 2 rings (SSSR count). The molecule has 0 radical (unpaired) electrons. The lowest BCUT2D eigenvalue weighted by Crippen LogP contribution is -2.37. The van der Waals surface area contributed by atoms with Crippen LogP contribution >= 0.6 is 11.3 Å². The van der Waals surface area contributed by atoms with Crippen molar-refractivity contribution in [3.63, 3.8) is 0 Å². The Morgan fingerprint density at radius 1 is 1.24 bits per heavy atom. The van der Waals surface area contributed by atoms with Crippen LogP contribution < -0.4 is 10.6 Å². The van der Waals surface area contributed by atoms with Crippen molar-refractivity contribution in [2.24, 2.45) is 0 Å². The second-order valence-electron chi connectivity index (χ2n) is 4.56. The first-order valence-corrected chi connectivity index (χ1v) is 7.31. The first-order valence-electron chi connectivity index (χ1n) is 6.43. The molecular formula is C15H16N2O3S. The fourth-order valence-electron chi connectivity index (χ4n) is 1.76. The summed E-state index contributed by atoms with van der Waals surface area (Å²) in [4.78, 5) is 24.1. The number of hydrogen-bond acceptors (Lipinski definition) is 4. The Balaban J connectivity index is 1.84. The number of anilines is 1. The number of aliphatic hydroxyl groups is 1. The van der Waals surface area contributed by atoms with Crippen molar-refractivity contribution in [1.82, 2.24) is 5.32 Å². The van der Waals surface area contributed by atoms with Gasteiger partial charge in [-0.3, -0.25) is 9.59 Å². The SMILES string of the molecule is Cc1cccc(NC(=O)C(=O)NCC(O)c2cccs2)c1. The van der Waals surface area contributed by atoms with E-state index in [1.54, 1.807) is 24.3 Å². The number of nitrogens with one attached hydrogen (secondary N) is 2. The van der Waals surface area contributed by atoms with E-state index in [-0.39, 0.29) is 6.54 Å². The number of carbonyl (C=O) groups is 2. The third kappa shape index (κ3) is 4.40. The minimum Gasteiger partial charge on any atom is -0.386 e. The van der Waals surface area contributed by atoms with E-state index in [4.69, 9.17) is 0 Å². The molecule has 1 atom stereocenters. The van der Waals surface area contributed by atoms with Gasteiger partial charge in [0.05, 0.1) is 0 Å². The summed E-state index contributed by atoms with van der Waals surface area (Å²) >= 11 is 1.39. The summed E-state index contributed by atoms with van der Waals surface area (Å²) in [7, 11) is 0. The van der Waals surface area contributed by atoms with Crippen molar-refractivity contribution in [1.29, 1.82) is 0 Å². The Morgan fingerprint density at radius 3 is 2.71 bits per heavy atom. The lowest BCUT2D eigenvalue weighted by Gasteiger charge is -2.10. The van der Waals surface area contributed by atoms with Gasteiger partial charge in [-0.05, 0) is 36.1 Å². The summed E-state index contributed by atoms with van der Waals surface area (Å²) < 4.78 is 0. The van der Waals surface area contributed by atoms with E-state index < -0.39 is 17.9 Å². The molecule has 0 aliphatic heterocycles. The standard InChI is InChI=1S/C15H16N2O3S/c1-10-4-2-5-11(8-10)17-15(20)14(19)16-9-12(18)13-6-3-7-21-13/h2-8,12,18H,9H2,1H3,(H,16,19)(H,17,20). The number of benzene rings is 1. The molecule has 0 fully saturated rings. The molecule has 0 bridgehead atoms. The van der Waals surface area contributed by atoms with Crippen LogP contribution in [0.5, 0.6) is 0 Å². The zero-order valence-electron chi connectivity index (χ0n) is 11.5. The summed E-state index contributed by atoms with van der Waals surface area (Å²) in [6.07, 6.45) is -0.805. The molecule has 1 aromatic carbocycles. The lowest BCUT2D eigenvalue weighted by atomic mass is 10.2. The first-order chi connectivity index (χ1) is 10.1. The van der Waals surface area contributed by atoms with Gasteiger partial charge < -0.3 is 15.7 Å². The molecule has 5 nitrogen and oxygen atoms in total. The van der Waals surface area contributed by atoms with E-state index in [1.807, 2.05) is 24.4 Å². The van der Waals surface area contributed by atoms with Crippen LogP contribution in [-0.2, 0) is 9.59 Å². The summed E-state index contributed by atoms with van der Waals surface area (Å²) in [5.74, 6) is -1.52. The Bertz CT molecular complexity index is 626. The number of hydrogen-bond donors (Lipinski definition) is 3. The third-order valence-corrected chi connectivity index (χ3v) is 3.78. The second-order valence-corrected chi connectivity index (χ2v) is 5.54. The molecule has 2 aromatic rings. The highest BCUT2D eigenvalue weighted by Crippen LogP contribution is 2.17. The molecular weight excluding hydrogens is 288 g/mol.